The van der Waals surface area contributed by atoms with Gasteiger partial charge in [0.25, 0.3) is 0 Å². The molecule has 0 spiro atoms. The van der Waals surface area contributed by atoms with Gasteiger partial charge in [0.1, 0.15) is 0 Å². The molecule has 1 aliphatic rings. The Balaban J connectivity index is 2.51. The molecule has 1 heterocycles. The first-order chi connectivity index (χ1) is 6.52. The summed E-state index contributed by atoms with van der Waals surface area (Å²) in [5.74, 6) is 0.0513. The third-order valence-electron chi connectivity index (χ3n) is 2.73. The highest BCUT2D eigenvalue weighted by Crippen LogP contribution is 2.10. The van der Waals surface area contributed by atoms with Gasteiger partial charge >= 0.3 is 0 Å². The van der Waals surface area contributed by atoms with Gasteiger partial charge in [-0.2, -0.15) is 0 Å². The van der Waals surface area contributed by atoms with Crippen molar-refractivity contribution in [2.45, 2.75) is 32.9 Å². The van der Waals surface area contributed by atoms with E-state index in [1.54, 1.807) is 0 Å². The summed E-state index contributed by atoms with van der Waals surface area (Å²) < 4.78 is 5.37. The molecular weight excluding hydrogens is 180 g/mol. The number of nitrogens with two attached hydrogens (primary N) is 1. The zero-order valence-corrected chi connectivity index (χ0v) is 9.19. The second kappa shape index (κ2) is 4.75. The fourth-order valence-electron chi connectivity index (χ4n) is 1.53. The molecule has 0 aromatic carbocycles. The number of morpholine rings is 1. The van der Waals surface area contributed by atoms with Crippen molar-refractivity contribution in [3.05, 3.63) is 0 Å². The van der Waals surface area contributed by atoms with Crippen molar-refractivity contribution in [1.29, 1.82) is 0 Å². The van der Waals surface area contributed by atoms with Crippen LogP contribution >= 0.6 is 0 Å². The number of amides is 1. The van der Waals surface area contributed by atoms with Crippen molar-refractivity contribution >= 4 is 5.91 Å². The van der Waals surface area contributed by atoms with E-state index in [1.807, 2.05) is 25.7 Å². The molecule has 1 aliphatic heterocycles. The van der Waals surface area contributed by atoms with E-state index in [1.165, 1.54) is 0 Å². The largest absolute Gasteiger partial charge is 0.375 e. The molecule has 1 amide bonds. The van der Waals surface area contributed by atoms with Gasteiger partial charge in [-0.25, -0.2) is 0 Å². The lowest BCUT2D eigenvalue weighted by atomic mass is 10.0. The lowest BCUT2D eigenvalue weighted by molar-refractivity contribution is -0.142. The van der Waals surface area contributed by atoms with Crippen molar-refractivity contribution < 1.29 is 9.53 Å². The van der Waals surface area contributed by atoms with E-state index in [4.69, 9.17) is 10.5 Å². The molecule has 0 bridgehead atoms. The number of nitrogens with zero attached hydrogens (tertiary/aromatic N) is 1. The maximum absolute atomic E-state index is 11.9. The lowest BCUT2D eigenvalue weighted by Gasteiger charge is -2.33. The van der Waals surface area contributed by atoms with Gasteiger partial charge in [-0.05, 0) is 13.8 Å². The SMILES string of the molecule is CC1CN(C(=O)C(C)C(C)N)CCO1. The Bertz CT molecular complexity index is 206. The van der Waals surface area contributed by atoms with Crippen molar-refractivity contribution in [3.63, 3.8) is 0 Å². The molecule has 1 fully saturated rings. The lowest BCUT2D eigenvalue weighted by Crippen LogP contribution is -2.49. The molecule has 14 heavy (non-hydrogen) atoms. The van der Waals surface area contributed by atoms with Gasteiger partial charge in [-0.3, -0.25) is 4.79 Å². The summed E-state index contributed by atoms with van der Waals surface area (Å²) in [4.78, 5) is 13.7. The average Bonchev–Trinajstić information content (AvgIpc) is 2.15. The van der Waals surface area contributed by atoms with Gasteiger partial charge in [0, 0.05) is 19.1 Å². The van der Waals surface area contributed by atoms with Crippen molar-refractivity contribution in [3.8, 4) is 0 Å². The van der Waals surface area contributed by atoms with Crippen LogP contribution in [0.1, 0.15) is 20.8 Å². The Morgan fingerprint density at radius 1 is 1.57 bits per heavy atom. The highest BCUT2D eigenvalue weighted by atomic mass is 16.5. The van der Waals surface area contributed by atoms with Crippen molar-refractivity contribution in [2.75, 3.05) is 19.7 Å². The standard InChI is InChI=1S/C10H20N2O2/c1-7-6-12(4-5-14-7)10(13)8(2)9(3)11/h7-9H,4-6,11H2,1-3H3. The van der Waals surface area contributed by atoms with Gasteiger partial charge < -0.3 is 15.4 Å². The van der Waals surface area contributed by atoms with Crippen LogP contribution in [-0.2, 0) is 9.53 Å². The summed E-state index contributed by atoms with van der Waals surface area (Å²) in [6, 6.07) is -0.0827. The third-order valence-corrected chi connectivity index (χ3v) is 2.73. The van der Waals surface area contributed by atoms with Crippen LogP contribution in [0.25, 0.3) is 0 Å². The number of rotatable bonds is 2. The minimum atomic E-state index is -0.0969. The van der Waals surface area contributed by atoms with E-state index < -0.39 is 0 Å². The molecule has 4 heteroatoms. The van der Waals surface area contributed by atoms with Crippen LogP contribution in [0.5, 0.6) is 0 Å². The first kappa shape index (κ1) is 11.5. The van der Waals surface area contributed by atoms with Crippen molar-refractivity contribution in [1.82, 2.24) is 4.90 Å². The predicted molar refractivity (Wildman–Crippen MR) is 54.8 cm³/mol. The van der Waals surface area contributed by atoms with Crippen LogP contribution in [0, 0.1) is 5.92 Å². The quantitative estimate of drug-likeness (QED) is 0.693. The van der Waals surface area contributed by atoms with E-state index in [0.29, 0.717) is 19.7 Å². The van der Waals surface area contributed by atoms with Crippen LogP contribution in [-0.4, -0.2) is 42.6 Å². The molecule has 4 nitrogen and oxygen atoms in total. The molecule has 0 radical (unpaired) electrons. The van der Waals surface area contributed by atoms with E-state index >= 15 is 0 Å². The number of hydrogen-bond donors (Lipinski definition) is 1. The van der Waals surface area contributed by atoms with E-state index in [2.05, 4.69) is 0 Å². The van der Waals surface area contributed by atoms with E-state index in [-0.39, 0.29) is 24.0 Å². The molecule has 0 aliphatic carbocycles. The smallest absolute Gasteiger partial charge is 0.227 e. The molecule has 3 unspecified atom stereocenters. The summed E-state index contributed by atoms with van der Waals surface area (Å²) in [6.07, 6.45) is 0.146. The molecule has 2 N–H and O–H groups in total. The minimum Gasteiger partial charge on any atom is -0.375 e. The summed E-state index contributed by atoms with van der Waals surface area (Å²) in [7, 11) is 0. The summed E-state index contributed by atoms with van der Waals surface area (Å²) >= 11 is 0. The number of ether oxygens (including phenoxy) is 1. The second-order valence-corrected chi connectivity index (χ2v) is 4.11. The average molecular weight is 200 g/mol. The summed E-state index contributed by atoms with van der Waals surface area (Å²) in [6.45, 7) is 7.75. The van der Waals surface area contributed by atoms with Crippen LogP contribution in [0.2, 0.25) is 0 Å². The van der Waals surface area contributed by atoms with Crippen molar-refractivity contribution in [2.24, 2.45) is 11.7 Å². The predicted octanol–water partition coefficient (Wildman–Crippen LogP) is 0.217. The molecule has 3 atom stereocenters. The Labute approximate surface area is 85.4 Å². The Hall–Kier alpha value is -0.610. The topological polar surface area (TPSA) is 55.6 Å². The molecule has 0 saturated carbocycles. The molecule has 1 saturated heterocycles. The van der Waals surface area contributed by atoms with Gasteiger partial charge in [-0.15, -0.1) is 0 Å². The number of carbonyl (C=O) groups is 1. The highest BCUT2D eigenvalue weighted by molar-refractivity contribution is 5.79. The van der Waals surface area contributed by atoms with E-state index in [9.17, 15) is 4.79 Å². The van der Waals surface area contributed by atoms with Gasteiger partial charge in [0.05, 0.1) is 18.6 Å². The maximum Gasteiger partial charge on any atom is 0.227 e. The normalized spacial score (nSPS) is 27.1. The summed E-state index contributed by atoms with van der Waals surface area (Å²) in [5, 5.41) is 0. The van der Waals surface area contributed by atoms with Crippen LogP contribution < -0.4 is 5.73 Å². The highest BCUT2D eigenvalue weighted by Gasteiger charge is 2.26. The van der Waals surface area contributed by atoms with Crippen LogP contribution in [0.4, 0.5) is 0 Å². The molecule has 82 valence electrons. The Morgan fingerprint density at radius 2 is 2.21 bits per heavy atom. The fourth-order valence-corrected chi connectivity index (χ4v) is 1.53. The van der Waals surface area contributed by atoms with E-state index in [0.717, 1.165) is 0 Å². The van der Waals surface area contributed by atoms with Crippen LogP contribution in [0.3, 0.4) is 0 Å². The second-order valence-electron chi connectivity index (χ2n) is 4.11. The molecular formula is C10H20N2O2. The zero-order chi connectivity index (χ0) is 10.7. The Kier molecular flexibility index (Phi) is 3.89. The van der Waals surface area contributed by atoms with Gasteiger partial charge in [0.2, 0.25) is 5.91 Å². The third kappa shape index (κ3) is 2.69. The van der Waals surface area contributed by atoms with Crippen LogP contribution in [0.15, 0.2) is 0 Å². The molecule has 0 aromatic heterocycles. The fraction of sp³-hybridized carbons (Fsp3) is 0.900. The maximum atomic E-state index is 11.9. The van der Waals surface area contributed by atoms with Gasteiger partial charge in [0.15, 0.2) is 0 Å². The molecule has 1 rings (SSSR count). The van der Waals surface area contributed by atoms with Gasteiger partial charge in [-0.1, -0.05) is 6.92 Å². The minimum absolute atomic E-state index is 0.0827. The summed E-state index contributed by atoms with van der Waals surface area (Å²) in [5.41, 5.74) is 5.70. The monoisotopic (exact) mass is 200 g/mol. The Morgan fingerprint density at radius 3 is 2.71 bits per heavy atom. The molecule has 0 aromatic rings. The zero-order valence-electron chi connectivity index (χ0n) is 9.19. The first-order valence-corrected chi connectivity index (χ1v) is 5.18. The number of hydrogen-bond acceptors (Lipinski definition) is 3. The number of carbonyl (C=O) groups excluding carboxylic acids is 1. The first-order valence-electron chi connectivity index (χ1n) is 5.18.